The summed E-state index contributed by atoms with van der Waals surface area (Å²) in [4.78, 5) is 12.9. The van der Waals surface area contributed by atoms with Gasteiger partial charge in [-0.15, -0.1) is 11.3 Å². The van der Waals surface area contributed by atoms with Crippen molar-refractivity contribution in [3.8, 4) is 16.4 Å². The number of aryl methyl sites for hydroxylation is 1. The second-order valence-corrected chi connectivity index (χ2v) is 5.65. The quantitative estimate of drug-likeness (QED) is 0.742. The smallest absolute Gasteiger partial charge is 0.342 e. The number of carbonyl (C=O) groups is 1. The third-order valence-corrected chi connectivity index (χ3v) is 4.02. The standard InChI is InChI=1S/C16H13NO4S/c1-10-4-2-5-12(15(10)18)16(19)20-9-11-8-13(21-17-11)14-6-3-7-22-14/h2-8,18H,9H2,1H3. The van der Waals surface area contributed by atoms with E-state index in [-0.39, 0.29) is 17.9 Å². The average molecular weight is 315 g/mol. The Bertz CT molecular complexity index is 792. The highest BCUT2D eigenvalue weighted by atomic mass is 32.1. The molecule has 0 aliphatic carbocycles. The Morgan fingerprint density at radius 2 is 2.23 bits per heavy atom. The molecule has 0 radical (unpaired) electrons. The van der Waals surface area contributed by atoms with Crippen molar-refractivity contribution in [2.24, 2.45) is 0 Å². The Labute approximate surface area is 130 Å². The van der Waals surface area contributed by atoms with Crippen LogP contribution in [0, 0.1) is 6.92 Å². The molecule has 112 valence electrons. The molecule has 0 saturated carbocycles. The molecule has 2 heterocycles. The first-order valence-corrected chi connectivity index (χ1v) is 7.48. The van der Waals surface area contributed by atoms with Crippen LogP contribution in [-0.4, -0.2) is 16.2 Å². The predicted octanol–water partition coefficient (Wildman–Crippen LogP) is 3.77. The van der Waals surface area contributed by atoms with E-state index < -0.39 is 5.97 Å². The predicted molar refractivity (Wildman–Crippen MR) is 81.8 cm³/mol. The lowest BCUT2D eigenvalue weighted by molar-refractivity contribution is 0.0461. The molecule has 0 unspecified atom stereocenters. The minimum Gasteiger partial charge on any atom is -0.507 e. The molecule has 2 aromatic heterocycles. The lowest BCUT2D eigenvalue weighted by atomic mass is 10.1. The summed E-state index contributed by atoms with van der Waals surface area (Å²) in [5.74, 6) is -0.0201. The van der Waals surface area contributed by atoms with Gasteiger partial charge in [0.15, 0.2) is 5.76 Å². The van der Waals surface area contributed by atoms with Gasteiger partial charge in [0.25, 0.3) is 0 Å². The van der Waals surface area contributed by atoms with Crippen molar-refractivity contribution in [2.45, 2.75) is 13.5 Å². The van der Waals surface area contributed by atoms with Gasteiger partial charge in [-0.3, -0.25) is 0 Å². The maximum atomic E-state index is 12.0. The minimum absolute atomic E-state index is 0.0128. The number of nitrogens with zero attached hydrogens (tertiary/aromatic N) is 1. The van der Waals surface area contributed by atoms with Crippen LogP contribution >= 0.6 is 11.3 Å². The number of thiophene rings is 1. The number of ether oxygens (including phenoxy) is 1. The summed E-state index contributed by atoms with van der Waals surface area (Å²) >= 11 is 1.54. The summed E-state index contributed by atoms with van der Waals surface area (Å²) in [7, 11) is 0. The van der Waals surface area contributed by atoms with E-state index >= 15 is 0 Å². The van der Waals surface area contributed by atoms with Crippen LogP contribution in [0.5, 0.6) is 5.75 Å². The molecule has 0 spiro atoms. The zero-order valence-corrected chi connectivity index (χ0v) is 12.6. The van der Waals surface area contributed by atoms with Gasteiger partial charge in [-0.25, -0.2) is 4.79 Å². The number of hydrogen-bond donors (Lipinski definition) is 1. The van der Waals surface area contributed by atoms with Gasteiger partial charge < -0.3 is 14.4 Å². The lowest BCUT2D eigenvalue weighted by Gasteiger charge is -2.06. The van der Waals surface area contributed by atoms with Crippen molar-refractivity contribution in [2.75, 3.05) is 0 Å². The van der Waals surface area contributed by atoms with E-state index in [1.807, 2.05) is 17.5 Å². The van der Waals surface area contributed by atoms with Gasteiger partial charge >= 0.3 is 5.97 Å². The Morgan fingerprint density at radius 1 is 1.36 bits per heavy atom. The third-order valence-electron chi connectivity index (χ3n) is 3.13. The zero-order valence-electron chi connectivity index (χ0n) is 11.8. The third kappa shape index (κ3) is 2.87. The van der Waals surface area contributed by atoms with Crippen LogP contribution in [-0.2, 0) is 11.3 Å². The number of aromatic nitrogens is 1. The van der Waals surface area contributed by atoms with Crippen LogP contribution in [0.3, 0.4) is 0 Å². The number of phenolic OH excluding ortho intramolecular Hbond substituents is 1. The molecule has 22 heavy (non-hydrogen) atoms. The summed E-state index contributed by atoms with van der Waals surface area (Å²) in [5, 5.41) is 15.7. The number of hydrogen-bond acceptors (Lipinski definition) is 6. The molecule has 0 bridgehead atoms. The normalized spacial score (nSPS) is 10.6. The Balaban J connectivity index is 1.68. The van der Waals surface area contributed by atoms with Gasteiger partial charge in [0.1, 0.15) is 23.6 Å². The van der Waals surface area contributed by atoms with E-state index in [9.17, 15) is 9.90 Å². The second-order valence-electron chi connectivity index (χ2n) is 4.71. The highest BCUT2D eigenvalue weighted by Gasteiger charge is 2.15. The van der Waals surface area contributed by atoms with E-state index in [1.54, 1.807) is 25.1 Å². The van der Waals surface area contributed by atoms with E-state index in [0.717, 1.165) is 4.88 Å². The van der Waals surface area contributed by atoms with Gasteiger partial charge in [0.05, 0.1) is 4.88 Å². The van der Waals surface area contributed by atoms with E-state index in [2.05, 4.69) is 5.16 Å². The van der Waals surface area contributed by atoms with Crippen molar-refractivity contribution >= 4 is 17.3 Å². The van der Waals surface area contributed by atoms with E-state index in [1.165, 1.54) is 17.4 Å². The zero-order chi connectivity index (χ0) is 15.5. The summed E-state index contributed by atoms with van der Waals surface area (Å²) in [6.45, 7) is 1.71. The van der Waals surface area contributed by atoms with Gasteiger partial charge in [0, 0.05) is 6.07 Å². The first-order valence-electron chi connectivity index (χ1n) is 6.60. The number of aromatic hydroxyl groups is 1. The number of rotatable bonds is 4. The monoisotopic (exact) mass is 315 g/mol. The molecule has 0 aliphatic rings. The Kier molecular flexibility index (Phi) is 3.93. The maximum absolute atomic E-state index is 12.0. The van der Waals surface area contributed by atoms with Gasteiger partial charge in [-0.05, 0) is 30.0 Å². The van der Waals surface area contributed by atoms with E-state index in [4.69, 9.17) is 9.26 Å². The van der Waals surface area contributed by atoms with Gasteiger partial charge in [0.2, 0.25) is 0 Å². The molecule has 0 aliphatic heterocycles. The molecule has 0 fully saturated rings. The van der Waals surface area contributed by atoms with Crippen molar-refractivity contribution in [3.05, 3.63) is 58.6 Å². The minimum atomic E-state index is -0.595. The van der Waals surface area contributed by atoms with Gasteiger partial charge in [-0.2, -0.15) is 0 Å². The Morgan fingerprint density at radius 3 is 3.00 bits per heavy atom. The Hall–Kier alpha value is -2.60. The lowest BCUT2D eigenvalue weighted by Crippen LogP contribution is -2.06. The molecular formula is C16H13NO4S. The fraction of sp³-hybridized carbons (Fsp3) is 0.125. The van der Waals surface area contributed by atoms with E-state index in [0.29, 0.717) is 17.0 Å². The summed E-state index contributed by atoms with van der Waals surface area (Å²) in [6, 6.07) is 10.5. The number of phenols is 1. The average Bonchev–Trinajstić information content (AvgIpc) is 3.18. The van der Waals surface area contributed by atoms with Crippen LogP contribution < -0.4 is 0 Å². The topological polar surface area (TPSA) is 72.6 Å². The van der Waals surface area contributed by atoms with Crippen LogP contribution in [0.2, 0.25) is 0 Å². The number of para-hydroxylation sites is 1. The fourth-order valence-electron chi connectivity index (χ4n) is 1.96. The van der Waals surface area contributed by atoms with Crippen molar-refractivity contribution in [3.63, 3.8) is 0 Å². The van der Waals surface area contributed by atoms with Crippen molar-refractivity contribution < 1.29 is 19.2 Å². The largest absolute Gasteiger partial charge is 0.507 e. The van der Waals surface area contributed by atoms with Gasteiger partial charge in [-0.1, -0.05) is 23.4 Å². The molecule has 5 nitrogen and oxygen atoms in total. The van der Waals surface area contributed by atoms with Crippen LogP contribution in [0.25, 0.3) is 10.6 Å². The maximum Gasteiger partial charge on any atom is 0.342 e. The molecule has 3 aromatic rings. The number of benzene rings is 1. The van der Waals surface area contributed by atoms with Crippen LogP contribution in [0.1, 0.15) is 21.6 Å². The molecule has 0 amide bonds. The first kappa shape index (κ1) is 14.3. The molecular weight excluding hydrogens is 302 g/mol. The summed E-state index contributed by atoms with van der Waals surface area (Å²) < 4.78 is 10.4. The number of esters is 1. The summed E-state index contributed by atoms with van der Waals surface area (Å²) in [6.07, 6.45) is 0. The molecule has 1 aromatic carbocycles. The van der Waals surface area contributed by atoms with Crippen LogP contribution in [0.15, 0.2) is 46.3 Å². The molecule has 1 N–H and O–H groups in total. The van der Waals surface area contributed by atoms with Crippen LogP contribution in [0.4, 0.5) is 0 Å². The molecule has 6 heteroatoms. The highest BCUT2D eigenvalue weighted by molar-refractivity contribution is 7.13. The SMILES string of the molecule is Cc1cccc(C(=O)OCc2cc(-c3cccs3)on2)c1O. The highest BCUT2D eigenvalue weighted by Crippen LogP contribution is 2.26. The number of carbonyl (C=O) groups excluding carboxylic acids is 1. The second kappa shape index (κ2) is 6.03. The summed E-state index contributed by atoms with van der Waals surface area (Å²) in [5.41, 5.74) is 1.28. The van der Waals surface area contributed by atoms with Crippen molar-refractivity contribution in [1.29, 1.82) is 0 Å². The van der Waals surface area contributed by atoms with Crippen molar-refractivity contribution in [1.82, 2.24) is 5.16 Å². The molecule has 0 saturated heterocycles. The molecule has 0 atom stereocenters. The molecule has 3 rings (SSSR count). The first-order chi connectivity index (χ1) is 10.6. The fourth-order valence-corrected chi connectivity index (χ4v) is 2.63.